The van der Waals surface area contributed by atoms with Gasteiger partial charge in [0.05, 0.1) is 13.2 Å². The predicted molar refractivity (Wildman–Crippen MR) is 75.5 cm³/mol. The van der Waals surface area contributed by atoms with Gasteiger partial charge in [0.25, 0.3) is 17.5 Å². The van der Waals surface area contributed by atoms with Crippen molar-refractivity contribution in [1.82, 2.24) is 10.2 Å². The lowest BCUT2D eigenvalue weighted by molar-refractivity contribution is -0.168. The zero-order valence-electron chi connectivity index (χ0n) is 11.8. The van der Waals surface area contributed by atoms with Gasteiger partial charge in [0.1, 0.15) is 6.61 Å². The molecule has 22 heavy (non-hydrogen) atoms. The molecule has 1 N–H and O–H groups in total. The van der Waals surface area contributed by atoms with Crippen LogP contribution < -0.4 is 5.32 Å². The average Bonchev–Trinajstić information content (AvgIpc) is 2.55. The maximum absolute atomic E-state index is 14.7. The van der Waals surface area contributed by atoms with E-state index in [0.29, 0.717) is 4.90 Å². The van der Waals surface area contributed by atoms with Gasteiger partial charge < -0.3 is 4.74 Å². The minimum absolute atomic E-state index is 0.174. The Hall–Kier alpha value is -2.54. The molecule has 1 unspecified atom stereocenters. The first kappa shape index (κ1) is 15.8. The number of hydrogen-bond acceptors (Lipinski definition) is 5. The number of alkyl halides is 1. The van der Waals surface area contributed by atoms with Crippen molar-refractivity contribution in [2.45, 2.75) is 5.67 Å². The molecule has 0 spiro atoms. The van der Waals surface area contributed by atoms with Gasteiger partial charge in [-0.25, -0.2) is 9.18 Å². The maximum Gasteiger partial charge on any atom is 0.355 e. The second-order valence-electron chi connectivity index (χ2n) is 4.68. The van der Waals surface area contributed by atoms with E-state index in [2.05, 4.69) is 16.6 Å². The number of imide groups is 1. The van der Waals surface area contributed by atoms with Crippen LogP contribution in [-0.2, 0) is 14.3 Å². The quantitative estimate of drug-likeness (QED) is 0.383. The molecule has 6 nitrogen and oxygen atoms in total. The first-order valence-corrected chi connectivity index (χ1v) is 6.60. The third-order valence-electron chi connectivity index (χ3n) is 3.14. The van der Waals surface area contributed by atoms with E-state index < -0.39 is 30.0 Å². The third kappa shape index (κ3) is 2.89. The monoisotopic (exact) mass is 306 g/mol. The van der Waals surface area contributed by atoms with E-state index >= 15 is 0 Å². The summed E-state index contributed by atoms with van der Waals surface area (Å²) in [4.78, 5) is 36.9. The Kier molecular flexibility index (Phi) is 4.67. The molecule has 2 amide bonds. The number of carbonyl (C=O) groups is 3. The maximum atomic E-state index is 14.7. The lowest BCUT2D eigenvalue weighted by Gasteiger charge is -2.34. The molecule has 2 rings (SSSR count). The summed E-state index contributed by atoms with van der Waals surface area (Å²) in [6.07, 6.45) is 1.26. The van der Waals surface area contributed by atoms with Crippen molar-refractivity contribution in [1.29, 1.82) is 0 Å². The van der Waals surface area contributed by atoms with Gasteiger partial charge in [-0.05, 0) is 12.1 Å². The summed E-state index contributed by atoms with van der Waals surface area (Å²) in [5.41, 5.74) is -2.70. The number of esters is 1. The number of nitrogens with one attached hydrogen (secondary N) is 1. The van der Waals surface area contributed by atoms with E-state index in [1.807, 2.05) is 0 Å². The summed E-state index contributed by atoms with van der Waals surface area (Å²) < 4.78 is 19.3. The molecule has 116 valence electrons. The van der Waals surface area contributed by atoms with E-state index in [1.165, 1.54) is 18.2 Å². The van der Waals surface area contributed by atoms with Crippen molar-refractivity contribution in [2.24, 2.45) is 0 Å². The average molecular weight is 306 g/mol. The summed E-state index contributed by atoms with van der Waals surface area (Å²) in [7, 11) is 0. The first-order valence-electron chi connectivity index (χ1n) is 6.60. The van der Waals surface area contributed by atoms with Crippen LogP contribution >= 0.6 is 0 Å². The highest BCUT2D eigenvalue weighted by Crippen LogP contribution is 2.21. The summed E-state index contributed by atoms with van der Waals surface area (Å²) in [5, 5.41) is 2.55. The van der Waals surface area contributed by atoms with Crippen molar-refractivity contribution in [2.75, 3.05) is 19.8 Å². The molecule has 0 aliphatic carbocycles. The second kappa shape index (κ2) is 6.48. The van der Waals surface area contributed by atoms with Crippen LogP contribution in [0.25, 0.3) is 0 Å². The van der Waals surface area contributed by atoms with Gasteiger partial charge >= 0.3 is 5.97 Å². The summed E-state index contributed by atoms with van der Waals surface area (Å²) >= 11 is 0. The van der Waals surface area contributed by atoms with Gasteiger partial charge in [-0.1, -0.05) is 30.9 Å². The van der Waals surface area contributed by atoms with Crippen LogP contribution in [0.3, 0.4) is 0 Å². The number of benzene rings is 1. The Bertz CT molecular complexity index is 605. The molecule has 0 radical (unpaired) electrons. The number of halogens is 1. The lowest BCUT2D eigenvalue weighted by atomic mass is 10.0. The van der Waals surface area contributed by atoms with E-state index in [9.17, 15) is 18.8 Å². The normalized spacial score (nSPS) is 21.3. The summed E-state index contributed by atoms with van der Waals surface area (Å²) in [6, 6.07) is 7.95. The van der Waals surface area contributed by atoms with Gasteiger partial charge in [0.2, 0.25) is 0 Å². The van der Waals surface area contributed by atoms with Crippen LogP contribution in [0.5, 0.6) is 0 Å². The van der Waals surface area contributed by atoms with E-state index in [4.69, 9.17) is 0 Å². The number of carbonyl (C=O) groups excluding carboxylic acids is 3. The molecular weight excluding hydrogens is 291 g/mol. The van der Waals surface area contributed by atoms with Crippen LogP contribution in [0, 0.1) is 0 Å². The largest absolute Gasteiger partial charge is 0.459 e. The van der Waals surface area contributed by atoms with Gasteiger partial charge in [0.15, 0.2) is 0 Å². The number of amides is 2. The molecule has 1 aromatic rings. The van der Waals surface area contributed by atoms with Crippen LogP contribution in [0.1, 0.15) is 10.4 Å². The number of hydrogen-bond donors (Lipinski definition) is 1. The third-order valence-corrected chi connectivity index (χ3v) is 3.14. The van der Waals surface area contributed by atoms with Crippen LogP contribution in [0.4, 0.5) is 4.39 Å². The van der Waals surface area contributed by atoms with Gasteiger partial charge in [-0.3, -0.25) is 19.8 Å². The number of nitrogens with zero attached hydrogens (tertiary/aromatic N) is 1. The molecule has 0 bridgehead atoms. The van der Waals surface area contributed by atoms with Crippen molar-refractivity contribution >= 4 is 17.8 Å². The fraction of sp³-hybridized carbons (Fsp3) is 0.267. The van der Waals surface area contributed by atoms with Gasteiger partial charge in [0, 0.05) is 5.56 Å². The molecule has 1 heterocycles. The zero-order chi connectivity index (χ0) is 16.2. The van der Waals surface area contributed by atoms with Crippen LogP contribution in [0.2, 0.25) is 0 Å². The number of ether oxygens (including phenoxy) is 1. The molecule has 1 aliphatic heterocycles. The molecule has 0 saturated carbocycles. The molecule has 1 aromatic carbocycles. The molecule has 1 fully saturated rings. The Morgan fingerprint density at radius 1 is 1.41 bits per heavy atom. The highest BCUT2D eigenvalue weighted by atomic mass is 19.1. The highest BCUT2D eigenvalue weighted by molar-refractivity contribution is 6.15. The molecule has 1 saturated heterocycles. The van der Waals surface area contributed by atoms with Crippen molar-refractivity contribution in [3.8, 4) is 0 Å². The lowest BCUT2D eigenvalue weighted by Crippen LogP contribution is -2.65. The van der Waals surface area contributed by atoms with Gasteiger partial charge in [-0.2, -0.15) is 0 Å². The van der Waals surface area contributed by atoms with E-state index in [0.717, 1.165) is 0 Å². The van der Waals surface area contributed by atoms with E-state index in [1.54, 1.807) is 18.2 Å². The first-order chi connectivity index (χ1) is 10.5. The topological polar surface area (TPSA) is 75.7 Å². The SMILES string of the molecule is C=CCOC(=O)C1(F)CNCN(C(=O)c2ccccc2)C1=O. The minimum Gasteiger partial charge on any atom is -0.459 e. The zero-order valence-corrected chi connectivity index (χ0v) is 11.8. The fourth-order valence-corrected chi connectivity index (χ4v) is 2.01. The number of rotatable bonds is 4. The second-order valence-corrected chi connectivity index (χ2v) is 4.68. The highest BCUT2D eigenvalue weighted by Gasteiger charge is 2.54. The molecule has 1 aliphatic rings. The predicted octanol–water partition coefficient (Wildman–Crippen LogP) is 0.654. The Labute approximate surface area is 126 Å². The molecular formula is C15H15FN2O4. The Balaban J connectivity index is 2.21. The van der Waals surface area contributed by atoms with E-state index in [-0.39, 0.29) is 18.8 Å². The molecule has 1 atom stereocenters. The molecule has 0 aromatic heterocycles. The Morgan fingerprint density at radius 2 is 2.09 bits per heavy atom. The standard InChI is InChI=1S/C15H15FN2O4/c1-2-8-22-14(21)15(16)9-17-10-18(13(15)20)12(19)11-6-4-3-5-7-11/h2-7,17H,1,8-10H2. The van der Waals surface area contributed by atoms with Crippen LogP contribution in [0.15, 0.2) is 43.0 Å². The Morgan fingerprint density at radius 3 is 2.73 bits per heavy atom. The fourth-order valence-electron chi connectivity index (χ4n) is 2.01. The molecule has 7 heteroatoms. The van der Waals surface area contributed by atoms with Gasteiger partial charge in [-0.15, -0.1) is 0 Å². The van der Waals surface area contributed by atoms with Crippen molar-refractivity contribution in [3.63, 3.8) is 0 Å². The van der Waals surface area contributed by atoms with Crippen LogP contribution in [-0.4, -0.2) is 48.2 Å². The minimum atomic E-state index is -2.92. The smallest absolute Gasteiger partial charge is 0.355 e. The van der Waals surface area contributed by atoms with Crippen molar-refractivity contribution in [3.05, 3.63) is 48.6 Å². The van der Waals surface area contributed by atoms with Crippen molar-refractivity contribution < 1.29 is 23.5 Å². The summed E-state index contributed by atoms with van der Waals surface area (Å²) in [6.45, 7) is 2.40. The summed E-state index contributed by atoms with van der Waals surface area (Å²) in [5.74, 6) is -3.25.